The molecule has 1 saturated heterocycles. The third kappa shape index (κ3) is 3.58. The molecule has 0 bridgehead atoms. The van der Waals surface area contributed by atoms with E-state index in [1.165, 1.54) is 6.07 Å². The maximum atomic E-state index is 12.3. The van der Waals surface area contributed by atoms with Crippen LogP contribution in [0, 0.1) is 5.92 Å². The molecule has 0 aliphatic carbocycles. The molecule has 0 atom stereocenters. The van der Waals surface area contributed by atoms with E-state index >= 15 is 0 Å². The Balaban J connectivity index is 2.01. The standard InChI is InChI=1S/C12H14Cl2N4O2/c13-9-6-8(11(14)17-16-9)12(20)18-3-1-7(2-4-18)5-10(15)19/h6-7H,1-5H2,(H2,15,19). The maximum Gasteiger partial charge on any atom is 0.257 e. The number of primary amides is 1. The van der Waals surface area contributed by atoms with E-state index in [-0.39, 0.29) is 33.6 Å². The maximum absolute atomic E-state index is 12.3. The van der Waals surface area contributed by atoms with Gasteiger partial charge in [0.2, 0.25) is 5.91 Å². The van der Waals surface area contributed by atoms with Crippen LogP contribution in [-0.4, -0.2) is 40.0 Å². The number of carbonyl (C=O) groups excluding carboxylic acids is 2. The van der Waals surface area contributed by atoms with Crippen LogP contribution in [0.2, 0.25) is 10.3 Å². The van der Waals surface area contributed by atoms with Gasteiger partial charge in [0.05, 0.1) is 5.56 Å². The van der Waals surface area contributed by atoms with Crippen molar-refractivity contribution in [2.75, 3.05) is 13.1 Å². The first-order valence-electron chi connectivity index (χ1n) is 6.23. The number of hydrogen-bond acceptors (Lipinski definition) is 4. The van der Waals surface area contributed by atoms with E-state index in [1.54, 1.807) is 4.90 Å². The molecule has 8 heteroatoms. The van der Waals surface area contributed by atoms with E-state index < -0.39 is 0 Å². The zero-order chi connectivity index (χ0) is 14.7. The lowest BCUT2D eigenvalue weighted by Gasteiger charge is -2.31. The number of carbonyl (C=O) groups is 2. The molecule has 0 aromatic carbocycles. The molecule has 0 unspecified atom stereocenters. The van der Waals surface area contributed by atoms with Gasteiger partial charge in [-0.25, -0.2) is 0 Å². The van der Waals surface area contributed by atoms with E-state index in [9.17, 15) is 9.59 Å². The van der Waals surface area contributed by atoms with Crippen LogP contribution in [0.1, 0.15) is 29.6 Å². The Kier molecular flexibility index (Phi) is 4.77. The average Bonchev–Trinajstić information content (AvgIpc) is 2.41. The second kappa shape index (κ2) is 6.37. The van der Waals surface area contributed by atoms with Gasteiger partial charge >= 0.3 is 0 Å². The first-order valence-corrected chi connectivity index (χ1v) is 6.99. The van der Waals surface area contributed by atoms with Crippen LogP contribution in [-0.2, 0) is 4.79 Å². The predicted octanol–water partition coefficient (Wildman–Crippen LogP) is 1.51. The van der Waals surface area contributed by atoms with Crippen LogP contribution >= 0.6 is 23.2 Å². The van der Waals surface area contributed by atoms with Gasteiger partial charge in [0, 0.05) is 19.5 Å². The van der Waals surface area contributed by atoms with Crippen LogP contribution in [0.15, 0.2) is 6.07 Å². The topological polar surface area (TPSA) is 89.2 Å². The number of halogens is 2. The van der Waals surface area contributed by atoms with E-state index in [4.69, 9.17) is 28.9 Å². The molecule has 108 valence electrons. The first-order chi connectivity index (χ1) is 9.47. The number of nitrogens with two attached hydrogens (primary N) is 1. The summed E-state index contributed by atoms with van der Waals surface area (Å²) in [6.45, 7) is 1.13. The first kappa shape index (κ1) is 15.0. The highest BCUT2D eigenvalue weighted by molar-refractivity contribution is 6.34. The molecular formula is C12H14Cl2N4O2. The number of piperidine rings is 1. The molecule has 1 aromatic heterocycles. The summed E-state index contributed by atoms with van der Waals surface area (Å²) in [4.78, 5) is 24.9. The summed E-state index contributed by atoms with van der Waals surface area (Å²) in [7, 11) is 0. The fourth-order valence-corrected chi connectivity index (χ4v) is 2.62. The van der Waals surface area contributed by atoms with Gasteiger partial charge in [-0.15, -0.1) is 10.2 Å². The van der Waals surface area contributed by atoms with Crippen molar-refractivity contribution in [2.24, 2.45) is 11.7 Å². The van der Waals surface area contributed by atoms with Crippen molar-refractivity contribution in [3.63, 3.8) is 0 Å². The third-order valence-corrected chi connectivity index (χ3v) is 3.80. The normalized spacial score (nSPS) is 16.2. The largest absolute Gasteiger partial charge is 0.370 e. The van der Waals surface area contributed by atoms with Crippen molar-refractivity contribution in [1.29, 1.82) is 0 Å². The van der Waals surface area contributed by atoms with E-state index in [2.05, 4.69) is 10.2 Å². The Morgan fingerprint density at radius 1 is 1.30 bits per heavy atom. The summed E-state index contributed by atoms with van der Waals surface area (Å²) in [6.07, 6.45) is 1.86. The number of rotatable bonds is 3. The number of hydrogen-bond donors (Lipinski definition) is 1. The quantitative estimate of drug-likeness (QED) is 0.915. The lowest BCUT2D eigenvalue weighted by molar-refractivity contribution is -0.119. The number of aromatic nitrogens is 2. The lowest BCUT2D eigenvalue weighted by atomic mass is 9.93. The highest BCUT2D eigenvalue weighted by atomic mass is 35.5. The molecule has 6 nitrogen and oxygen atoms in total. The monoisotopic (exact) mass is 316 g/mol. The van der Waals surface area contributed by atoms with Crippen molar-refractivity contribution in [1.82, 2.24) is 15.1 Å². The Hall–Kier alpha value is -1.40. The molecule has 2 amide bonds. The van der Waals surface area contributed by atoms with E-state index in [0.29, 0.717) is 19.5 Å². The average molecular weight is 317 g/mol. The van der Waals surface area contributed by atoms with Crippen molar-refractivity contribution >= 4 is 35.0 Å². The number of nitrogens with zero attached hydrogens (tertiary/aromatic N) is 3. The highest BCUT2D eigenvalue weighted by Gasteiger charge is 2.26. The molecule has 2 heterocycles. The molecular weight excluding hydrogens is 303 g/mol. The van der Waals surface area contributed by atoms with Crippen LogP contribution in [0.25, 0.3) is 0 Å². The zero-order valence-electron chi connectivity index (χ0n) is 10.7. The summed E-state index contributed by atoms with van der Waals surface area (Å²) in [5.41, 5.74) is 5.43. The van der Waals surface area contributed by atoms with Crippen LogP contribution in [0.3, 0.4) is 0 Å². The highest BCUT2D eigenvalue weighted by Crippen LogP contribution is 2.23. The minimum Gasteiger partial charge on any atom is -0.370 e. The van der Waals surface area contributed by atoms with Crippen LogP contribution < -0.4 is 5.73 Å². The molecule has 1 aromatic rings. The summed E-state index contributed by atoms with van der Waals surface area (Å²) >= 11 is 11.6. The molecule has 20 heavy (non-hydrogen) atoms. The molecule has 0 radical (unpaired) electrons. The second-order valence-electron chi connectivity index (χ2n) is 4.78. The van der Waals surface area contributed by atoms with Gasteiger partial charge in [0.25, 0.3) is 5.91 Å². The van der Waals surface area contributed by atoms with Crippen molar-refractivity contribution in [3.8, 4) is 0 Å². The molecule has 1 fully saturated rings. The van der Waals surface area contributed by atoms with Gasteiger partial charge in [-0.1, -0.05) is 23.2 Å². The fraction of sp³-hybridized carbons (Fsp3) is 0.500. The molecule has 0 spiro atoms. The second-order valence-corrected chi connectivity index (χ2v) is 5.52. The van der Waals surface area contributed by atoms with Crippen molar-refractivity contribution in [3.05, 3.63) is 21.9 Å². The Labute approximate surface area is 126 Å². The summed E-state index contributed by atoms with van der Waals surface area (Å²) in [5, 5.41) is 7.36. The van der Waals surface area contributed by atoms with Crippen LogP contribution in [0.5, 0.6) is 0 Å². The number of amides is 2. The van der Waals surface area contributed by atoms with Gasteiger partial charge < -0.3 is 10.6 Å². The minimum atomic E-state index is -0.303. The smallest absolute Gasteiger partial charge is 0.257 e. The minimum absolute atomic E-state index is 0.0404. The van der Waals surface area contributed by atoms with Gasteiger partial charge in [-0.05, 0) is 24.8 Å². The summed E-state index contributed by atoms with van der Waals surface area (Å²) < 4.78 is 0. The van der Waals surface area contributed by atoms with Gasteiger partial charge in [-0.3, -0.25) is 9.59 Å². The third-order valence-electron chi connectivity index (χ3n) is 3.34. The SMILES string of the molecule is NC(=O)CC1CCN(C(=O)c2cc(Cl)nnc2Cl)CC1. The van der Waals surface area contributed by atoms with Crippen molar-refractivity contribution in [2.45, 2.75) is 19.3 Å². The predicted molar refractivity (Wildman–Crippen MR) is 74.5 cm³/mol. The van der Waals surface area contributed by atoms with Crippen LogP contribution in [0.4, 0.5) is 0 Å². The summed E-state index contributed by atoms with van der Waals surface area (Å²) in [6, 6.07) is 1.41. The molecule has 2 N–H and O–H groups in total. The summed E-state index contributed by atoms with van der Waals surface area (Å²) in [5.74, 6) is -0.279. The van der Waals surface area contributed by atoms with E-state index in [0.717, 1.165) is 12.8 Å². The van der Waals surface area contributed by atoms with E-state index in [1.807, 2.05) is 0 Å². The Morgan fingerprint density at radius 2 is 1.95 bits per heavy atom. The van der Waals surface area contributed by atoms with Gasteiger partial charge in [-0.2, -0.15) is 0 Å². The van der Waals surface area contributed by atoms with Gasteiger partial charge in [0.15, 0.2) is 10.3 Å². The van der Waals surface area contributed by atoms with Crippen molar-refractivity contribution < 1.29 is 9.59 Å². The molecule has 0 saturated carbocycles. The molecule has 2 rings (SSSR count). The zero-order valence-corrected chi connectivity index (χ0v) is 12.2. The van der Waals surface area contributed by atoms with Gasteiger partial charge in [0.1, 0.15) is 0 Å². The lowest BCUT2D eigenvalue weighted by Crippen LogP contribution is -2.39. The molecule has 1 aliphatic heterocycles. The Morgan fingerprint density at radius 3 is 2.55 bits per heavy atom. The Bertz CT molecular complexity index is 530. The number of likely N-dealkylation sites (tertiary alicyclic amines) is 1. The molecule has 1 aliphatic rings. The fourth-order valence-electron chi connectivity index (χ4n) is 2.30.